The Bertz CT molecular complexity index is 1250. The molecule has 154 valence electrons. The molecule has 1 aliphatic rings. The van der Waals surface area contributed by atoms with E-state index in [-0.39, 0.29) is 16.6 Å². The lowest BCUT2D eigenvalue weighted by molar-refractivity contribution is 0.342. The molecule has 4 rings (SSSR count). The average molecular weight is 433 g/mol. The standard InChI is InChI=1S/C20H24N4O3S2/c1-13-6-5-7-17(10-13)23-9-8-22(11-14(23)2)29(26,27)18-16(4)21-20-24(19(18)25)15(3)12-28-20/h5-7,10,12,14H,8-9,11H2,1-4H3/t14-/m1/s1. The molecule has 7 nitrogen and oxygen atoms in total. The van der Waals surface area contributed by atoms with Crippen LogP contribution < -0.4 is 10.5 Å². The highest BCUT2D eigenvalue weighted by atomic mass is 32.2. The average Bonchev–Trinajstić information content (AvgIpc) is 3.02. The van der Waals surface area contributed by atoms with Crippen LogP contribution in [0.2, 0.25) is 0 Å². The van der Waals surface area contributed by atoms with Gasteiger partial charge in [0.2, 0.25) is 0 Å². The fourth-order valence-electron chi connectivity index (χ4n) is 3.93. The van der Waals surface area contributed by atoms with Crippen LogP contribution in [0.3, 0.4) is 0 Å². The number of anilines is 1. The second kappa shape index (κ2) is 7.23. The van der Waals surface area contributed by atoms with Gasteiger partial charge < -0.3 is 4.90 Å². The summed E-state index contributed by atoms with van der Waals surface area (Å²) in [6.45, 7) is 8.63. The number of nitrogens with zero attached hydrogens (tertiary/aromatic N) is 4. The van der Waals surface area contributed by atoms with Gasteiger partial charge in [-0.2, -0.15) is 4.31 Å². The molecule has 0 saturated carbocycles. The van der Waals surface area contributed by atoms with E-state index >= 15 is 0 Å². The Labute approximate surface area is 174 Å². The van der Waals surface area contributed by atoms with E-state index in [1.54, 1.807) is 13.8 Å². The van der Waals surface area contributed by atoms with E-state index in [1.807, 2.05) is 37.4 Å². The van der Waals surface area contributed by atoms with Crippen LogP contribution in [0.5, 0.6) is 0 Å². The van der Waals surface area contributed by atoms with Crippen LogP contribution in [0.1, 0.15) is 23.9 Å². The molecule has 0 N–H and O–H groups in total. The summed E-state index contributed by atoms with van der Waals surface area (Å²) in [5.41, 5.74) is 2.68. The van der Waals surface area contributed by atoms with Gasteiger partial charge >= 0.3 is 0 Å². The molecule has 3 heterocycles. The molecule has 9 heteroatoms. The molecule has 29 heavy (non-hydrogen) atoms. The molecule has 0 aliphatic carbocycles. The third kappa shape index (κ3) is 3.37. The summed E-state index contributed by atoms with van der Waals surface area (Å²) in [4.78, 5) is 19.9. The second-order valence-corrected chi connectivity index (χ2v) is 10.3. The van der Waals surface area contributed by atoms with Crippen molar-refractivity contribution >= 4 is 32.0 Å². The van der Waals surface area contributed by atoms with Crippen LogP contribution in [0, 0.1) is 20.8 Å². The lowest BCUT2D eigenvalue weighted by atomic mass is 10.1. The van der Waals surface area contributed by atoms with Crippen molar-refractivity contribution in [1.82, 2.24) is 13.7 Å². The van der Waals surface area contributed by atoms with Gasteiger partial charge in [-0.1, -0.05) is 12.1 Å². The zero-order valence-electron chi connectivity index (χ0n) is 16.9. The fraction of sp³-hybridized carbons (Fsp3) is 0.400. The smallest absolute Gasteiger partial charge is 0.279 e. The Morgan fingerprint density at radius 1 is 1.17 bits per heavy atom. The highest BCUT2D eigenvalue weighted by molar-refractivity contribution is 7.89. The first kappa shape index (κ1) is 20.1. The predicted octanol–water partition coefficient (Wildman–Crippen LogP) is 2.58. The zero-order valence-corrected chi connectivity index (χ0v) is 18.5. The van der Waals surface area contributed by atoms with Crippen molar-refractivity contribution < 1.29 is 8.42 Å². The lowest BCUT2D eigenvalue weighted by Crippen LogP contribution is -2.54. The molecular formula is C20H24N4O3S2. The van der Waals surface area contributed by atoms with Gasteiger partial charge in [0.1, 0.15) is 0 Å². The number of fused-ring (bicyclic) bond motifs is 1. The monoisotopic (exact) mass is 432 g/mol. The number of rotatable bonds is 3. The molecule has 0 amide bonds. The van der Waals surface area contributed by atoms with Crippen LogP contribution in [0.15, 0.2) is 39.3 Å². The Balaban J connectivity index is 1.68. The Kier molecular flexibility index (Phi) is 5.00. The molecule has 0 spiro atoms. The van der Waals surface area contributed by atoms with E-state index < -0.39 is 15.6 Å². The SMILES string of the molecule is Cc1cccc(N2CCN(S(=O)(=O)c3c(C)nc4scc(C)n4c3=O)C[C@H]2C)c1. The van der Waals surface area contributed by atoms with Crippen LogP contribution >= 0.6 is 11.3 Å². The molecule has 1 saturated heterocycles. The van der Waals surface area contributed by atoms with Gasteiger partial charge in [-0.05, 0) is 45.4 Å². The summed E-state index contributed by atoms with van der Waals surface area (Å²) >= 11 is 1.33. The topological polar surface area (TPSA) is 75.0 Å². The number of sulfonamides is 1. The third-order valence-corrected chi connectivity index (χ3v) is 8.33. The zero-order chi connectivity index (χ0) is 20.9. The van der Waals surface area contributed by atoms with Gasteiger partial charge in [-0.25, -0.2) is 13.4 Å². The predicted molar refractivity (Wildman–Crippen MR) is 116 cm³/mol. The van der Waals surface area contributed by atoms with E-state index in [0.29, 0.717) is 30.3 Å². The Hall–Kier alpha value is -2.23. The van der Waals surface area contributed by atoms with Crippen molar-refractivity contribution in [2.75, 3.05) is 24.5 Å². The molecule has 1 aliphatic heterocycles. The number of hydrogen-bond acceptors (Lipinski definition) is 6. The number of aromatic nitrogens is 2. The lowest BCUT2D eigenvalue weighted by Gasteiger charge is -2.40. The number of thiazole rings is 1. The second-order valence-electron chi connectivity index (χ2n) is 7.57. The highest BCUT2D eigenvalue weighted by Crippen LogP contribution is 2.25. The normalized spacial score (nSPS) is 18.5. The molecule has 0 radical (unpaired) electrons. The molecule has 1 aromatic carbocycles. The third-order valence-electron chi connectivity index (χ3n) is 5.39. The minimum atomic E-state index is -3.94. The van der Waals surface area contributed by atoms with Crippen molar-refractivity contribution in [1.29, 1.82) is 0 Å². The van der Waals surface area contributed by atoms with Crippen molar-refractivity contribution in [3.05, 3.63) is 57.0 Å². The molecular weight excluding hydrogens is 408 g/mol. The van der Waals surface area contributed by atoms with E-state index in [0.717, 1.165) is 5.69 Å². The van der Waals surface area contributed by atoms with Crippen LogP contribution in [0.4, 0.5) is 5.69 Å². The van der Waals surface area contributed by atoms with Crippen molar-refractivity contribution in [3.8, 4) is 0 Å². The minimum Gasteiger partial charge on any atom is -0.366 e. The Morgan fingerprint density at radius 2 is 1.93 bits per heavy atom. The minimum absolute atomic E-state index is 0.0111. The number of hydrogen-bond donors (Lipinski definition) is 0. The summed E-state index contributed by atoms with van der Waals surface area (Å²) < 4.78 is 29.6. The summed E-state index contributed by atoms with van der Waals surface area (Å²) in [5, 5.41) is 1.81. The first-order valence-electron chi connectivity index (χ1n) is 9.51. The van der Waals surface area contributed by atoms with Gasteiger partial charge in [-0.3, -0.25) is 9.20 Å². The van der Waals surface area contributed by atoms with Gasteiger partial charge in [0, 0.05) is 42.4 Å². The van der Waals surface area contributed by atoms with E-state index in [1.165, 1.54) is 25.6 Å². The molecule has 0 bridgehead atoms. The van der Waals surface area contributed by atoms with Gasteiger partial charge in [-0.15, -0.1) is 11.3 Å². The largest absolute Gasteiger partial charge is 0.366 e. The number of benzene rings is 1. The van der Waals surface area contributed by atoms with Gasteiger partial charge in [0.15, 0.2) is 9.86 Å². The fourth-order valence-corrected chi connectivity index (χ4v) is 6.55. The van der Waals surface area contributed by atoms with Crippen molar-refractivity contribution in [3.63, 3.8) is 0 Å². The first-order valence-corrected chi connectivity index (χ1v) is 11.8. The van der Waals surface area contributed by atoms with Gasteiger partial charge in [0.05, 0.1) is 5.69 Å². The summed E-state index contributed by atoms with van der Waals surface area (Å²) in [6, 6.07) is 8.19. The van der Waals surface area contributed by atoms with Crippen molar-refractivity contribution in [2.45, 2.75) is 38.6 Å². The van der Waals surface area contributed by atoms with E-state index in [2.05, 4.69) is 16.0 Å². The van der Waals surface area contributed by atoms with Crippen LogP contribution in [0.25, 0.3) is 4.96 Å². The quantitative estimate of drug-likeness (QED) is 0.636. The first-order chi connectivity index (χ1) is 13.7. The molecule has 1 atom stereocenters. The summed E-state index contributed by atoms with van der Waals surface area (Å²) in [6.07, 6.45) is 0. The maximum Gasteiger partial charge on any atom is 0.279 e. The molecule has 0 unspecified atom stereocenters. The number of aryl methyl sites for hydroxylation is 3. The summed E-state index contributed by atoms with van der Waals surface area (Å²) in [7, 11) is -3.94. The summed E-state index contributed by atoms with van der Waals surface area (Å²) in [5.74, 6) is 0. The van der Waals surface area contributed by atoms with Crippen LogP contribution in [-0.4, -0.2) is 47.8 Å². The van der Waals surface area contributed by atoms with E-state index in [9.17, 15) is 13.2 Å². The maximum atomic E-state index is 13.4. The maximum absolute atomic E-state index is 13.4. The van der Waals surface area contributed by atoms with Gasteiger partial charge in [0.25, 0.3) is 15.6 Å². The molecule has 2 aromatic heterocycles. The molecule has 1 fully saturated rings. The molecule has 3 aromatic rings. The number of piperazine rings is 1. The highest BCUT2D eigenvalue weighted by Gasteiger charge is 2.36. The van der Waals surface area contributed by atoms with E-state index in [4.69, 9.17) is 0 Å². The van der Waals surface area contributed by atoms with Crippen LogP contribution in [-0.2, 0) is 10.0 Å². The Morgan fingerprint density at radius 3 is 2.62 bits per heavy atom. The van der Waals surface area contributed by atoms with Crippen molar-refractivity contribution in [2.24, 2.45) is 0 Å².